The summed E-state index contributed by atoms with van der Waals surface area (Å²) >= 11 is 6.86. The Balaban J connectivity index is 2.37. The first-order chi connectivity index (χ1) is 7.66. The van der Waals surface area contributed by atoms with Crippen LogP contribution in [0.25, 0.3) is 0 Å². The number of hydrogen-bond donors (Lipinski definition) is 1. The molecule has 2 N–H and O–H groups in total. The van der Waals surface area contributed by atoms with E-state index in [1.807, 2.05) is 18.2 Å². The zero-order chi connectivity index (χ0) is 11.5. The molecule has 1 aromatic carbocycles. The molecule has 0 bridgehead atoms. The van der Waals surface area contributed by atoms with Crippen molar-refractivity contribution in [1.29, 1.82) is 0 Å². The first kappa shape index (κ1) is 11.7. The van der Waals surface area contributed by atoms with Gasteiger partial charge in [0.15, 0.2) is 0 Å². The molecule has 0 aliphatic heterocycles. The SMILES string of the molecule is NC(c1cc(Br)cc(Br)c1)c1cnccn1. The van der Waals surface area contributed by atoms with Crippen LogP contribution in [0.5, 0.6) is 0 Å². The maximum atomic E-state index is 6.11. The van der Waals surface area contributed by atoms with Gasteiger partial charge in [-0.2, -0.15) is 0 Å². The van der Waals surface area contributed by atoms with E-state index in [1.54, 1.807) is 18.6 Å². The van der Waals surface area contributed by atoms with Crippen LogP contribution in [0.4, 0.5) is 0 Å². The van der Waals surface area contributed by atoms with Crippen molar-refractivity contribution in [2.75, 3.05) is 0 Å². The molecule has 1 atom stereocenters. The lowest BCUT2D eigenvalue weighted by Gasteiger charge is -2.11. The van der Waals surface area contributed by atoms with Crippen LogP contribution in [0.3, 0.4) is 0 Å². The van der Waals surface area contributed by atoms with E-state index in [4.69, 9.17) is 5.73 Å². The topological polar surface area (TPSA) is 51.8 Å². The lowest BCUT2D eigenvalue weighted by atomic mass is 10.1. The predicted molar refractivity (Wildman–Crippen MR) is 69.9 cm³/mol. The molecule has 0 spiro atoms. The summed E-state index contributed by atoms with van der Waals surface area (Å²) in [6.45, 7) is 0. The molecule has 0 saturated carbocycles. The second-order valence-electron chi connectivity index (χ2n) is 3.31. The van der Waals surface area contributed by atoms with Crippen LogP contribution in [-0.4, -0.2) is 9.97 Å². The van der Waals surface area contributed by atoms with Gasteiger partial charge in [0.2, 0.25) is 0 Å². The highest BCUT2D eigenvalue weighted by Crippen LogP contribution is 2.25. The Morgan fingerprint density at radius 3 is 2.31 bits per heavy atom. The monoisotopic (exact) mass is 341 g/mol. The summed E-state index contributed by atoms with van der Waals surface area (Å²) in [5.74, 6) is 0. The summed E-state index contributed by atoms with van der Waals surface area (Å²) < 4.78 is 1.97. The van der Waals surface area contributed by atoms with Crippen molar-refractivity contribution in [3.8, 4) is 0 Å². The largest absolute Gasteiger partial charge is 0.319 e. The van der Waals surface area contributed by atoms with E-state index in [0.29, 0.717) is 0 Å². The van der Waals surface area contributed by atoms with Gasteiger partial charge in [-0.3, -0.25) is 9.97 Å². The Labute approximate surface area is 110 Å². The van der Waals surface area contributed by atoms with Crippen LogP contribution in [0.15, 0.2) is 45.7 Å². The highest BCUT2D eigenvalue weighted by molar-refractivity contribution is 9.11. The van der Waals surface area contributed by atoms with Crippen molar-refractivity contribution in [2.24, 2.45) is 5.73 Å². The lowest BCUT2D eigenvalue weighted by molar-refractivity contribution is 0.816. The molecule has 0 fully saturated rings. The molecule has 16 heavy (non-hydrogen) atoms. The Kier molecular flexibility index (Phi) is 3.68. The van der Waals surface area contributed by atoms with Crippen molar-refractivity contribution < 1.29 is 0 Å². The third kappa shape index (κ3) is 2.66. The van der Waals surface area contributed by atoms with Gasteiger partial charge in [0.1, 0.15) is 0 Å². The van der Waals surface area contributed by atoms with Gasteiger partial charge < -0.3 is 5.73 Å². The molecule has 0 aliphatic rings. The van der Waals surface area contributed by atoms with Crippen molar-refractivity contribution in [1.82, 2.24) is 9.97 Å². The highest BCUT2D eigenvalue weighted by atomic mass is 79.9. The molecule has 2 rings (SSSR count). The van der Waals surface area contributed by atoms with Crippen LogP contribution >= 0.6 is 31.9 Å². The van der Waals surface area contributed by atoms with E-state index in [2.05, 4.69) is 41.8 Å². The van der Waals surface area contributed by atoms with Gasteiger partial charge in [0.25, 0.3) is 0 Å². The Bertz CT molecular complexity index is 468. The smallest absolute Gasteiger partial charge is 0.0799 e. The van der Waals surface area contributed by atoms with Crippen LogP contribution in [0.1, 0.15) is 17.3 Å². The standard InChI is InChI=1S/C11H9Br2N3/c12-8-3-7(4-9(13)5-8)11(14)10-6-15-1-2-16-10/h1-6,11H,14H2. The number of halogens is 2. The molecular weight excluding hydrogens is 334 g/mol. The molecule has 1 unspecified atom stereocenters. The Hall–Kier alpha value is -0.780. The van der Waals surface area contributed by atoms with Gasteiger partial charge >= 0.3 is 0 Å². The Morgan fingerprint density at radius 1 is 1.06 bits per heavy atom. The molecule has 2 aromatic rings. The van der Waals surface area contributed by atoms with E-state index in [9.17, 15) is 0 Å². The minimum atomic E-state index is -0.262. The fourth-order valence-electron chi connectivity index (χ4n) is 1.40. The second kappa shape index (κ2) is 5.03. The molecule has 1 aromatic heterocycles. The average Bonchev–Trinajstić information content (AvgIpc) is 2.28. The maximum absolute atomic E-state index is 6.11. The van der Waals surface area contributed by atoms with Crippen molar-refractivity contribution in [3.05, 3.63) is 57.0 Å². The van der Waals surface area contributed by atoms with Crippen LogP contribution in [-0.2, 0) is 0 Å². The molecule has 0 saturated heterocycles. The maximum Gasteiger partial charge on any atom is 0.0799 e. The van der Waals surface area contributed by atoms with Gasteiger partial charge in [0, 0.05) is 21.3 Å². The van der Waals surface area contributed by atoms with E-state index in [-0.39, 0.29) is 6.04 Å². The number of nitrogens with two attached hydrogens (primary N) is 1. The van der Waals surface area contributed by atoms with Gasteiger partial charge in [-0.05, 0) is 23.8 Å². The van der Waals surface area contributed by atoms with E-state index < -0.39 is 0 Å². The second-order valence-corrected chi connectivity index (χ2v) is 5.14. The number of benzene rings is 1. The van der Waals surface area contributed by atoms with Gasteiger partial charge in [-0.1, -0.05) is 31.9 Å². The molecule has 0 amide bonds. The van der Waals surface area contributed by atoms with Gasteiger partial charge in [0.05, 0.1) is 17.9 Å². The number of hydrogen-bond acceptors (Lipinski definition) is 3. The van der Waals surface area contributed by atoms with Crippen LogP contribution in [0, 0.1) is 0 Å². The highest BCUT2D eigenvalue weighted by Gasteiger charge is 2.11. The molecule has 3 nitrogen and oxygen atoms in total. The number of aromatic nitrogens is 2. The zero-order valence-corrected chi connectivity index (χ0v) is 11.4. The summed E-state index contributed by atoms with van der Waals surface area (Å²) in [5.41, 5.74) is 7.85. The minimum absolute atomic E-state index is 0.262. The first-order valence-corrected chi connectivity index (χ1v) is 6.23. The van der Waals surface area contributed by atoms with Crippen molar-refractivity contribution in [2.45, 2.75) is 6.04 Å². The fourth-order valence-corrected chi connectivity index (χ4v) is 2.73. The summed E-state index contributed by atoms with van der Waals surface area (Å²) in [6.07, 6.45) is 4.95. The predicted octanol–water partition coefficient (Wildman–Crippen LogP) is 3.05. The third-order valence-electron chi connectivity index (χ3n) is 2.15. The van der Waals surface area contributed by atoms with Crippen LogP contribution in [0.2, 0.25) is 0 Å². The fraction of sp³-hybridized carbons (Fsp3) is 0.0909. The molecule has 82 valence electrons. The van der Waals surface area contributed by atoms with E-state index in [1.165, 1.54) is 0 Å². The van der Waals surface area contributed by atoms with Crippen molar-refractivity contribution in [3.63, 3.8) is 0 Å². The molecule has 0 radical (unpaired) electrons. The van der Waals surface area contributed by atoms with E-state index in [0.717, 1.165) is 20.2 Å². The lowest BCUT2D eigenvalue weighted by Crippen LogP contribution is -2.13. The molecule has 0 aliphatic carbocycles. The summed E-state index contributed by atoms with van der Waals surface area (Å²) in [5, 5.41) is 0. The quantitative estimate of drug-likeness (QED) is 0.912. The third-order valence-corrected chi connectivity index (χ3v) is 3.06. The summed E-state index contributed by atoms with van der Waals surface area (Å²) in [6, 6.07) is 5.66. The van der Waals surface area contributed by atoms with Gasteiger partial charge in [-0.25, -0.2) is 0 Å². The van der Waals surface area contributed by atoms with Gasteiger partial charge in [-0.15, -0.1) is 0 Å². The Morgan fingerprint density at radius 2 is 1.75 bits per heavy atom. The molecule has 5 heteroatoms. The van der Waals surface area contributed by atoms with Crippen LogP contribution < -0.4 is 5.73 Å². The number of rotatable bonds is 2. The first-order valence-electron chi connectivity index (χ1n) is 4.64. The summed E-state index contributed by atoms with van der Waals surface area (Å²) in [4.78, 5) is 8.21. The normalized spacial score (nSPS) is 12.4. The molecular formula is C11H9Br2N3. The zero-order valence-electron chi connectivity index (χ0n) is 8.27. The molecule has 1 heterocycles. The minimum Gasteiger partial charge on any atom is -0.319 e. The summed E-state index contributed by atoms with van der Waals surface area (Å²) in [7, 11) is 0. The van der Waals surface area contributed by atoms with E-state index >= 15 is 0 Å². The van der Waals surface area contributed by atoms with Crippen molar-refractivity contribution >= 4 is 31.9 Å². The number of nitrogens with zero attached hydrogens (tertiary/aromatic N) is 2. The average molecular weight is 343 g/mol.